The number of carbonyl (C=O) groups excluding carboxylic acids is 4. The van der Waals surface area contributed by atoms with E-state index >= 15 is 0 Å². The van der Waals surface area contributed by atoms with Crippen molar-refractivity contribution >= 4 is 52.6 Å². The van der Waals surface area contributed by atoms with Crippen LogP contribution in [-0.4, -0.2) is 107 Å². The molecule has 4 saturated heterocycles. The van der Waals surface area contributed by atoms with Gasteiger partial charge in [-0.2, -0.15) is 0 Å². The third-order valence-electron chi connectivity index (χ3n) is 11.6. The van der Waals surface area contributed by atoms with E-state index in [0.29, 0.717) is 31.6 Å². The number of benzene rings is 2. The number of piperazine rings is 1. The molecule has 13 nitrogen and oxygen atoms in total. The van der Waals surface area contributed by atoms with Crippen LogP contribution in [-0.2, 0) is 20.9 Å². The first kappa shape index (κ1) is 35.3. The van der Waals surface area contributed by atoms with Crippen LogP contribution in [0.2, 0.25) is 0 Å². The number of anilines is 3. The van der Waals surface area contributed by atoms with Crippen LogP contribution in [0.3, 0.4) is 0 Å². The van der Waals surface area contributed by atoms with Gasteiger partial charge < -0.3 is 30.2 Å². The summed E-state index contributed by atoms with van der Waals surface area (Å²) in [6, 6.07) is 13.8. The highest BCUT2D eigenvalue weighted by Gasteiger charge is 2.39. The predicted molar refractivity (Wildman–Crippen MR) is 203 cm³/mol. The van der Waals surface area contributed by atoms with E-state index in [9.17, 15) is 19.2 Å². The minimum absolute atomic E-state index is 0.0203. The number of nitrogens with two attached hydrogens (primary N) is 1. The van der Waals surface area contributed by atoms with Gasteiger partial charge in [-0.25, -0.2) is 9.97 Å². The van der Waals surface area contributed by atoms with E-state index in [1.807, 2.05) is 35.5 Å². The van der Waals surface area contributed by atoms with Gasteiger partial charge in [-0.15, -0.1) is 0 Å². The standard InChI is InChI=1S/C39H47N9O4S/c1-39(40)11-15-46(16-12-39)33-23-42-35(24-41-33)53-30-4-2-3-28(22-30)44-13-9-26(10-14-44)37(51)47-19-17-45(18-20-47)29-5-6-31-27(21-29)25-48(38(31)52)32-7-8-34(49)43-36(32)50/h2-6,21-24,26,32H,7-20,25,40H2,1H3,(H,43,49,50). The van der Waals surface area contributed by atoms with Gasteiger partial charge in [0.2, 0.25) is 17.7 Å². The Balaban J connectivity index is 0.806. The molecule has 53 heavy (non-hydrogen) atoms. The molecule has 4 fully saturated rings. The lowest BCUT2D eigenvalue weighted by Crippen LogP contribution is -2.52. The molecule has 6 heterocycles. The largest absolute Gasteiger partial charge is 0.371 e. The van der Waals surface area contributed by atoms with Crippen molar-refractivity contribution in [3.8, 4) is 0 Å². The molecule has 0 radical (unpaired) electrons. The van der Waals surface area contributed by atoms with Crippen molar-refractivity contribution in [3.63, 3.8) is 0 Å². The van der Waals surface area contributed by atoms with Gasteiger partial charge in [0.05, 0.1) is 12.4 Å². The molecule has 5 aliphatic rings. The van der Waals surface area contributed by atoms with Crippen LogP contribution in [0.25, 0.3) is 0 Å². The molecule has 0 spiro atoms. The predicted octanol–water partition coefficient (Wildman–Crippen LogP) is 3.27. The van der Waals surface area contributed by atoms with Crippen LogP contribution in [0.15, 0.2) is 64.8 Å². The third-order valence-corrected chi connectivity index (χ3v) is 12.5. The number of nitrogens with one attached hydrogen (secondary N) is 1. The summed E-state index contributed by atoms with van der Waals surface area (Å²) in [4.78, 5) is 71.8. The second kappa shape index (κ2) is 14.6. The Kier molecular flexibility index (Phi) is 9.75. The molecule has 5 aliphatic heterocycles. The maximum Gasteiger partial charge on any atom is 0.255 e. The van der Waals surface area contributed by atoms with E-state index in [0.717, 1.165) is 97.6 Å². The summed E-state index contributed by atoms with van der Waals surface area (Å²) >= 11 is 1.61. The number of rotatable bonds is 7. The average Bonchev–Trinajstić information content (AvgIpc) is 3.50. The number of nitrogens with zero attached hydrogens (tertiary/aromatic N) is 7. The number of piperidine rings is 3. The Hall–Kier alpha value is -4.69. The van der Waals surface area contributed by atoms with Crippen molar-refractivity contribution in [1.82, 2.24) is 25.1 Å². The first-order chi connectivity index (χ1) is 25.6. The highest BCUT2D eigenvalue weighted by Crippen LogP contribution is 2.34. The molecule has 0 saturated carbocycles. The van der Waals surface area contributed by atoms with Crippen molar-refractivity contribution in [1.29, 1.82) is 0 Å². The van der Waals surface area contributed by atoms with Crippen LogP contribution >= 0.6 is 11.8 Å². The molecule has 278 valence electrons. The van der Waals surface area contributed by atoms with Gasteiger partial charge >= 0.3 is 0 Å². The van der Waals surface area contributed by atoms with Crippen LogP contribution in [0.4, 0.5) is 17.2 Å². The summed E-state index contributed by atoms with van der Waals surface area (Å²) in [6.45, 7) is 8.68. The van der Waals surface area contributed by atoms with Gasteiger partial charge in [0, 0.05) is 98.6 Å². The lowest BCUT2D eigenvalue weighted by molar-refractivity contribution is -0.137. The highest BCUT2D eigenvalue weighted by atomic mass is 32.2. The summed E-state index contributed by atoms with van der Waals surface area (Å²) in [5.74, 6) is 0.306. The normalized spacial score (nSPS) is 22.3. The van der Waals surface area contributed by atoms with Gasteiger partial charge in [-0.3, -0.25) is 24.5 Å². The van der Waals surface area contributed by atoms with Gasteiger partial charge in [-0.1, -0.05) is 17.8 Å². The highest BCUT2D eigenvalue weighted by molar-refractivity contribution is 7.99. The van der Waals surface area contributed by atoms with Crippen LogP contribution in [0.5, 0.6) is 0 Å². The van der Waals surface area contributed by atoms with Crippen molar-refractivity contribution in [3.05, 3.63) is 66.0 Å². The number of carbonyl (C=O) groups is 4. The van der Waals surface area contributed by atoms with E-state index in [2.05, 4.69) is 51.2 Å². The fourth-order valence-electron chi connectivity index (χ4n) is 8.22. The summed E-state index contributed by atoms with van der Waals surface area (Å²) in [5, 5.41) is 3.22. The van der Waals surface area contributed by atoms with Gasteiger partial charge in [-0.05, 0) is 81.0 Å². The molecule has 1 aromatic heterocycles. The number of imide groups is 1. The Morgan fingerprint density at radius 2 is 1.58 bits per heavy atom. The molecule has 1 atom stereocenters. The fraction of sp³-hybridized carbons (Fsp3) is 0.487. The first-order valence-corrected chi connectivity index (χ1v) is 19.6. The lowest BCUT2D eigenvalue weighted by Gasteiger charge is -2.40. The minimum atomic E-state index is -0.625. The fourth-order valence-corrected chi connectivity index (χ4v) is 9.00. The maximum atomic E-state index is 13.6. The van der Waals surface area contributed by atoms with Crippen molar-refractivity contribution < 1.29 is 19.2 Å². The average molecular weight is 738 g/mol. The number of hydrogen-bond donors (Lipinski definition) is 2. The van der Waals surface area contributed by atoms with Gasteiger partial charge in [0.25, 0.3) is 5.91 Å². The summed E-state index contributed by atoms with van der Waals surface area (Å²) in [7, 11) is 0. The zero-order chi connectivity index (χ0) is 36.7. The van der Waals surface area contributed by atoms with Crippen molar-refractivity contribution in [2.24, 2.45) is 11.7 Å². The zero-order valence-corrected chi connectivity index (χ0v) is 31.0. The third kappa shape index (κ3) is 7.56. The lowest BCUT2D eigenvalue weighted by atomic mass is 9.91. The van der Waals surface area contributed by atoms with E-state index in [4.69, 9.17) is 15.7 Å². The molecule has 3 N–H and O–H groups in total. The molecular formula is C39H47N9O4S. The van der Waals surface area contributed by atoms with E-state index in [-0.39, 0.29) is 35.6 Å². The number of aromatic nitrogens is 2. The number of amides is 4. The minimum Gasteiger partial charge on any atom is -0.371 e. The first-order valence-electron chi connectivity index (χ1n) is 18.8. The SMILES string of the molecule is CC1(N)CCN(c2cnc(Sc3cccc(N4CCC(C(=O)N5CCN(c6ccc7c(c6)CN(C6CCC(=O)NC6=O)C7=O)CC5)CC4)c3)cn2)CC1. The number of hydrogen-bond acceptors (Lipinski definition) is 11. The van der Waals surface area contributed by atoms with Crippen LogP contribution in [0, 0.1) is 5.92 Å². The summed E-state index contributed by atoms with van der Waals surface area (Å²) in [5.41, 5.74) is 9.87. The molecular weight excluding hydrogens is 691 g/mol. The summed E-state index contributed by atoms with van der Waals surface area (Å²) < 4.78 is 0. The van der Waals surface area contributed by atoms with Crippen LogP contribution < -0.4 is 25.8 Å². The second-order valence-electron chi connectivity index (χ2n) is 15.3. The number of fused-ring (bicyclic) bond motifs is 1. The molecule has 0 bridgehead atoms. The topological polar surface area (TPSA) is 148 Å². The van der Waals surface area contributed by atoms with Crippen molar-refractivity contribution in [2.75, 3.05) is 67.1 Å². The smallest absolute Gasteiger partial charge is 0.255 e. The maximum absolute atomic E-state index is 13.6. The van der Waals surface area contributed by atoms with Crippen molar-refractivity contribution in [2.45, 2.75) is 73.5 Å². The molecule has 14 heteroatoms. The quantitative estimate of drug-likeness (QED) is 0.345. The Bertz CT molecular complexity index is 1880. The molecule has 4 amide bonds. The Morgan fingerprint density at radius 1 is 0.849 bits per heavy atom. The summed E-state index contributed by atoms with van der Waals surface area (Å²) in [6.07, 6.45) is 7.84. The molecule has 3 aromatic rings. The molecule has 8 rings (SSSR count). The second-order valence-corrected chi connectivity index (χ2v) is 16.4. The van der Waals surface area contributed by atoms with E-state index in [1.165, 1.54) is 0 Å². The van der Waals surface area contributed by atoms with E-state index in [1.54, 1.807) is 16.7 Å². The van der Waals surface area contributed by atoms with Crippen LogP contribution in [0.1, 0.15) is 61.4 Å². The van der Waals surface area contributed by atoms with Gasteiger partial charge in [0.1, 0.15) is 16.9 Å². The van der Waals surface area contributed by atoms with Gasteiger partial charge in [0.15, 0.2) is 0 Å². The molecule has 2 aromatic carbocycles. The molecule has 0 aliphatic carbocycles. The Morgan fingerprint density at radius 3 is 2.30 bits per heavy atom. The monoisotopic (exact) mass is 737 g/mol. The Labute approximate surface area is 314 Å². The van der Waals surface area contributed by atoms with E-state index < -0.39 is 11.9 Å². The molecule has 1 unspecified atom stereocenters. The zero-order valence-electron chi connectivity index (χ0n) is 30.2.